The van der Waals surface area contributed by atoms with Crippen LogP contribution in [0.25, 0.3) is 0 Å². The fraction of sp³-hybridized carbons (Fsp3) is 0.636. The first-order valence-electron chi connectivity index (χ1n) is 5.01. The molecule has 0 aliphatic rings. The average molecular weight is 197 g/mol. The van der Waals surface area contributed by atoms with Crippen LogP contribution in [0.2, 0.25) is 0 Å². The molecule has 0 aliphatic heterocycles. The Kier molecular flexibility index (Phi) is 6.72. The van der Waals surface area contributed by atoms with Crippen molar-refractivity contribution in [2.75, 3.05) is 13.6 Å². The van der Waals surface area contributed by atoms with Crippen molar-refractivity contribution >= 4 is 11.7 Å². The number of amides is 1. The second-order valence-electron chi connectivity index (χ2n) is 3.28. The van der Waals surface area contributed by atoms with Crippen molar-refractivity contribution < 1.29 is 9.59 Å². The molecule has 0 bridgehead atoms. The molecule has 0 radical (unpaired) electrons. The lowest BCUT2D eigenvalue weighted by Gasteiger charge is -2.15. The Balaban J connectivity index is 3.78. The molecular formula is C11H19NO2. The van der Waals surface area contributed by atoms with Crippen LogP contribution < -0.4 is 0 Å². The lowest BCUT2D eigenvalue weighted by atomic mass is 10.2. The van der Waals surface area contributed by atoms with Crippen molar-refractivity contribution in [1.82, 2.24) is 4.90 Å². The minimum atomic E-state index is 0.0192. The maximum absolute atomic E-state index is 11.4. The molecule has 80 valence electrons. The van der Waals surface area contributed by atoms with E-state index in [1.807, 2.05) is 6.92 Å². The van der Waals surface area contributed by atoms with Crippen molar-refractivity contribution in [3.63, 3.8) is 0 Å². The average Bonchev–Trinajstić information content (AvgIpc) is 2.15. The van der Waals surface area contributed by atoms with Gasteiger partial charge in [-0.1, -0.05) is 13.0 Å². The number of allylic oxidation sites excluding steroid dienone is 2. The van der Waals surface area contributed by atoms with Gasteiger partial charge in [-0.2, -0.15) is 0 Å². The number of nitrogens with zero attached hydrogens (tertiary/aromatic N) is 1. The van der Waals surface area contributed by atoms with Crippen LogP contribution >= 0.6 is 0 Å². The summed E-state index contributed by atoms with van der Waals surface area (Å²) in [5.41, 5.74) is 0. The van der Waals surface area contributed by atoms with E-state index in [2.05, 4.69) is 0 Å². The maximum Gasteiger partial charge on any atom is 0.222 e. The molecule has 3 nitrogen and oxygen atoms in total. The highest BCUT2D eigenvalue weighted by Gasteiger charge is 2.08. The normalized spacial score (nSPS) is 10.5. The number of ketones is 1. The quantitative estimate of drug-likeness (QED) is 0.609. The van der Waals surface area contributed by atoms with Gasteiger partial charge in [-0.05, 0) is 19.4 Å². The Morgan fingerprint density at radius 1 is 1.29 bits per heavy atom. The van der Waals surface area contributed by atoms with Gasteiger partial charge < -0.3 is 4.90 Å². The summed E-state index contributed by atoms with van der Waals surface area (Å²) in [6.07, 6.45) is 4.79. The van der Waals surface area contributed by atoms with E-state index >= 15 is 0 Å². The van der Waals surface area contributed by atoms with Gasteiger partial charge in [0.2, 0.25) is 5.91 Å². The Labute approximate surface area is 85.8 Å². The second kappa shape index (κ2) is 7.30. The summed E-state index contributed by atoms with van der Waals surface area (Å²) in [5, 5.41) is 0. The molecule has 0 spiro atoms. The van der Waals surface area contributed by atoms with E-state index in [1.165, 1.54) is 6.08 Å². The van der Waals surface area contributed by atoms with E-state index in [0.717, 1.165) is 13.0 Å². The van der Waals surface area contributed by atoms with Gasteiger partial charge in [0.15, 0.2) is 5.78 Å². The standard InChI is InChI=1S/C11H19NO2/c1-4-6-10(13)7-8-11(14)12(3)9-5-2/h4,6H,5,7-9H2,1-3H3/b6-4+. The zero-order valence-electron chi connectivity index (χ0n) is 9.25. The van der Waals surface area contributed by atoms with Crippen LogP contribution in [-0.4, -0.2) is 30.2 Å². The van der Waals surface area contributed by atoms with Crippen molar-refractivity contribution in [1.29, 1.82) is 0 Å². The van der Waals surface area contributed by atoms with Crippen LogP contribution in [0.5, 0.6) is 0 Å². The highest BCUT2D eigenvalue weighted by molar-refractivity contribution is 5.92. The van der Waals surface area contributed by atoms with Gasteiger partial charge in [0.1, 0.15) is 0 Å². The lowest BCUT2D eigenvalue weighted by molar-refractivity contribution is -0.131. The summed E-state index contributed by atoms with van der Waals surface area (Å²) in [5.74, 6) is 0.0652. The minimum Gasteiger partial charge on any atom is -0.346 e. The molecule has 0 fully saturated rings. The Morgan fingerprint density at radius 2 is 1.93 bits per heavy atom. The van der Waals surface area contributed by atoms with Crippen molar-refractivity contribution in [2.45, 2.75) is 33.1 Å². The molecule has 0 aliphatic carbocycles. The predicted octanol–water partition coefficient (Wildman–Crippen LogP) is 1.78. The zero-order chi connectivity index (χ0) is 11.0. The molecule has 1 amide bonds. The SMILES string of the molecule is C/C=C/C(=O)CCC(=O)N(C)CCC. The molecule has 0 aromatic rings. The smallest absolute Gasteiger partial charge is 0.222 e. The van der Waals surface area contributed by atoms with Crippen LogP contribution in [0.15, 0.2) is 12.2 Å². The minimum absolute atomic E-state index is 0.0192. The topological polar surface area (TPSA) is 37.4 Å². The molecule has 0 heterocycles. The molecule has 0 aromatic carbocycles. The second-order valence-corrected chi connectivity index (χ2v) is 3.28. The van der Waals surface area contributed by atoms with Gasteiger partial charge >= 0.3 is 0 Å². The molecule has 0 aromatic heterocycles. The van der Waals surface area contributed by atoms with Gasteiger partial charge in [-0.25, -0.2) is 0 Å². The fourth-order valence-electron chi connectivity index (χ4n) is 1.15. The third-order valence-electron chi connectivity index (χ3n) is 1.92. The van der Waals surface area contributed by atoms with E-state index in [1.54, 1.807) is 24.9 Å². The van der Waals surface area contributed by atoms with Crippen molar-refractivity contribution in [3.8, 4) is 0 Å². The Hall–Kier alpha value is -1.12. The van der Waals surface area contributed by atoms with Crippen LogP contribution in [0.4, 0.5) is 0 Å². The molecule has 0 atom stereocenters. The molecule has 0 saturated heterocycles. The number of hydrogen-bond acceptors (Lipinski definition) is 2. The molecule has 0 unspecified atom stereocenters. The predicted molar refractivity (Wildman–Crippen MR) is 57.0 cm³/mol. The monoisotopic (exact) mass is 197 g/mol. The molecule has 0 N–H and O–H groups in total. The third kappa shape index (κ3) is 5.51. The molecular weight excluding hydrogens is 178 g/mol. The number of hydrogen-bond donors (Lipinski definition) is 0. The van der Waals surface area contributed by atoms with Gasteiger partial charge in [0, 0.05) is 26.4 Å². The summed E-state index contributed by atoms with van der Waals surface area (Å²) in [7, 11) is 1.77. The largest absolute Gasteiger partial charge is 0.346 e. The first-order valence-corrected chi connectivity index (χ1v) is 5.01. The highest BCUT2D eigenvalue weighted by Crippen LogP contribution is 1.98. The fourth-order valence-corrected chi connectivity index (χ4v) is 1.15. The zero-order valence-corrected chi connectivity index (χ0v) is 9.25. The first-order chi connectivity index (χ1) is 6.61. The van der Waals surface area contributed by atoms with Crippen molar-refractivity contribution in [3.05, 3.63) is 12.2 Å². The van der Waals surface area contributed by atoms with Crippen LogP contribution in [0.3, 0.4) is 0 Å². The van der Waals surface area contributed by atoms with Crippen molar-refractivity contribution in [2.24, 2.45) is 0 Å². The van der Waals surface area contributed by atoms with Crippen LogP contribution in [-0.2, 0) is 9.59 Å². The van der Waals surface area contributed by atoms with Gasteiger partial charge in [-0.15, -0.1) is 0 Å². The number of carbonyl (C=O) groups excluding carboxylic acids is 2. The summed E-state index contributed by atoms with van der Waals surface area (Å²) in [6, 6.07) is 0. The molecule has 0 rings (SSSR count). The van der Waals surface area contributed by atoms with E-state index in [0.29, 0.717) is 12.8 Å². The molecule has 3 heteroatoms. The van der Waals surface area contributed by atoms with Gasteiger partial charge in [0.25, 0.3) is 0 Å². The summed E-state index contributed by atoms with van der Waals surface area (Å²) < 4.78 is 0. The summed E-state index contributed by atoms with van der Waals surface area (Å²) >= 11 is 0. The summed E-state index contributed by atoms with van der Waals surface area (Å²) in [4.78, 5) is 24.1. The lowest BCUT2D eigenvalue weighted by Crippen LogP contribution is -2.27. The van der Waals surface area contributed by atoms with E-state index in [-0.39, 0.29) is 11.7 Å². The van der Waals surface area contributed by atoms with Gasteiger partial charge in [-0.3, -0.25) is 9.59 Å². The molecule has 0 saturated carbocycles. The summed E-state index contributed by atoms with van der Waals surface area (Å²) in [6.45, 7) is 4.58. The van der Waals surface area contributed by atoms with E-state index in [9.17, 15) is 9.59 Å². The van der Waals surface area contributed by atoms with Crippen LogP contribution in [0.1, 0.15) is 33.1 Å². The first kappa shape index (κ1) is 12.9. The Morgan fingerprint density at radius 3 is 2.43 bits per heavy atom. The number of carbonyl (C=O) groups is 2. The Bertz CT molecular complexity index is 221. The van der Waals surface area contributed by atoms with Crippen LogP contribution in [0, 0.1) is 0 Å². The number of rotatable bonds is 6. The van der Waals surface area contributed by atoms with Gasteiger partial charge in [0.05, 0.1) is 0 Å². The molecule has 14 heavy (non-hydrogen) atoms. The van der Waals surface area contributed by atoms with E-state index < -0.39 is 0 Å². The maximum atomic E-state index is 11.4. The van der Waals surface area contributed by atoms with E-state index in [4.69, 9.17) is 0 Å². The highest BCUT2D eigenvalue weighted by atomic mass is 16.2. The third-order valence-corrected chi connectivity index (χ3v) is 1.92.